The Morgan fingerprint density at radius 3 is 3.00 bits per heavy atom. The molecule has 1 heterocycles. The third-order valence-electron chi connectivity index (χ3n) is 2.30. The summed E-state index contributed by atoms with van der Waals surface area (Å²) in [6.07, 6.45) is 2.81. The molecule has 1 atom stereocenters. The van der Waals surface area contributed by atoms with Gasteiger partial charge in [-0.1, -0.05) is 0 Å². The normalized spacial score (nSPS) is 13.4. The number of rotatable bonds is 2. The van der Waals surface area contributed by atoms with Crippen LogP contribution in [-0.4, -0.2) is 11.0 Å². The van der Waals surface area contributed by atoms with Crippen molar-refractivity contribution in [2.24, 2.45) is 0 Å². The monoisotopic (exact) mass is 193 g/mol. The van der Waals surface area contributed by atoms with Crippen LogP contribution in [0.25, 0.3) is 10.9 Å². The van der Waals surface area contributed by atoms with Gasteiger partial charge in [0.25, 0.3) is 0 Å². The molecule has 1 aromatic carbocycles. The van der Waals surface area contributed by atoms with Gasteiger partial charge in [0, 0.05) is 23.5 Å². The number of benzene rings is 1. The molecule has 2 rings (SSSR count). The van der Waals surface area contributed by atoms with Crippen LogP contribution in [0.3, 0.4) is 0 Å². The van der Waals surface area contributed by atoms with E-state index >= 15 is 0 Å². The van der Waals surface area contributed by atoms with Crippen LogP contribution in [0, 0.1) is 5.82 Å². The van der Waals surface area contributed by atoms with E-state index < -0.39 is 0 Å². The maximum atomic E-state index is 13.0. The van der Waals surface area contributed by atoms with Crippen molar-refractivity contribution in [3.8, 4) is 0 Å². The zero-order chi connectivity index (χ0) is 10.1. The van der Waals surface area contributed by atoms with Crippen LogP contribution < -0.4 is 5.73 Å². The zero-order valence-corrected chi connectivity index (χ0v) is 8.18. The van der Waals surface area contributed by atoms with Gasteiger partial charge in [0.2, 0.25) is 0 Å². The first kappa shape index (κ1) is 9.21. The second-order valence-corrected chi connectivity index (χ2v) is 3.81. The van der Waals surface area contributed by atoms with Gasteiger partial charge >= 0.3 is 0 Å². The van der Waals surface area contributed by atoms with E-state index in [9.17, 15) is 4.39 Å². The van der Waals surface area contributed by atoms with E-state index in [-0.39, 0.29) is 5.82 Å². The van der Waals surface area contributed by atoms with Crippen molar-refractivity contribution in [3.63, 3.8) is 0 Å². The summed E-state index contributed by atoms with van der Waals surface area (Å²) in [5.74, 6) is -0.185. The number of aromatic amines is 1. The highest BCUT2D eigenvalue weighted by Crippen LogP contribution is 2.19. The molecular weight excluding hydrogens is 179 g/mol. The van der Waals surface area contributed by atoms with Crippen molar-refractivity contribution < 1.29 is 10.1 Å². The first-order valence-electron chi connectivity index (χ1n) is 4.75. The fraction of sp³-hybridized carbons (Fsp3) is 0.273. The SMILES string of the molecule is C[C@@H]([NH3+])Cc1c[nH]c2ccc(F)cc12. The van der Waals surface area contributed by atoms with Gasteiger partial charge in [0.15, 0.2) is 0 Å². The maximum Gasteiger partial charge on any atom is 0.123 e. The molecule has 0 spiro atoms. The topological polar surface area (TPSA) is 43.4 Å². The summed E-state index contributed by atoms with van der Waals surface area (Å²) < 4.78 is 13.0. The molecule has 14 heavy (non-hydrogen) atoms. The molecule has 3 heteroatoms. The van der Waals surface area contributed by atoms with Gasteiger partial charge in [0.05, 0.1) is 6.04 Å². The van der Waals surface area contributed by atoms with Crippen molar-refractivity contribution in [1.82, 2.24) is 4.98 Å². The third-order valence-corrected chi connectivity index (χ3v) is 2.30. The number of halogens is 1. The zero-order valence-electron chi connectivity index (χ0n) is 8.18. The number of H-pyrrole nitrogens is 1. The average Bonchev–Trinajstić information content (AvgIpc) is 2.47. The molecule has 0 saturated heterocycles. The minimum Gasteiger partial charge on any atom is -0.361 e. The van der Waals surface area contributed by atoms with E-state index in [1.165, 1.54) is 6.07 Å². The molecule has 0 fully saturated rings. The van der Waals surface area contributed by atoms with Crippen LogP contribution in [-0.2, 0) is 6.42 Å². The van der Waals surface area contributed by atoms with Crippen LogP contribution >= 0.6 is 0 Å². The van der Waals surface area contributed by atoms with Crippen LogP contribution in [0.1, 0.15) is 12.5 Å². The van der Waals surface area contributed by atoms with E-state index in [1.54, 1.807) is 12.1 Å². The Hall–Kier alpha value is -1.35. The predicted molar refractivity (Wildman–Crippen MR) is 54.3 cm³/mol. The van der Waals surface area contributed by atoms with E-state index in [4.69, 9.17) is 0 Å². The van der Waals surface area contributed by atoms with Crippen LogP contribution in [0.5, 0.6) is 0 Å². The number of aromatic nitrogens is 1. The quantitative estimate of drug-likeness (QED) is 0.725. The second-order valence-electron chi connectivity index (χ2n) is 3.81. The van der Waals surface area contributed by atoms with Crippen LogP contribution in [0.4, 0.5) is 4.39 Å². The van der Waals surface area contributed by atoms with E-state index in [0.29, 0.717) is 6.04 Å². The Morgan fingerprint density at radius 1 is 1.50 bits per heavy atom. The minimum atomic E-state index is -0.185. The molecule has 1 aromatic heterocycles. The van der Waals surface area contributed by atoms with E-state index in [0.717, 1.165) is 22.9 Å². The molecule has 0 saturated carbocycles. The van der Waals surface area contributed by atoms with Gasteiger partial charge in [-0.25, -0.2) is 4.39 Å². The molecule has 0 unspecified atom stereocenters. The first-order chi connectivity index (χ1) is 6.66. The molecule has 0 aliphatic heterocycles. The maximum absolute atomic E-state index is 13.0. The number of hydrogen-bond acceptors (Lipinski definition) is 0. The van der Waals surface area contributed by atoms with Crippen molar-refractivity contribution in [2.45, 2.75) is 19.4 Å². The number of nitrogens with one attached hydrogen (secondary N) is 1. The summed E-state index contributed by atoms with van der Waals surface area (Å²) in [5, 5.41) is 0.973. The molecule has 0 aliphatic rings. The summed E-state index contributed by atoms with van der Waals surface area (Å²) in [6, 6.07) is 5.15. The fourth-order valence-corrected chi connectivity index (χ4v) is 1.69. The molecule has 0 radical (unpaired) electrons. The second kappa shape index (κ2) is 3.42. The van der Waals surface area contributed by atoms with Gasteiger partial charge in [-0.15, -0.1) is 0 Å². The Kier molecular flexibility index (Phi) is 2.25. The van der Waals surface area contributed by atoms with Crippen LogP contribution in [0.2, 0.25) is 0 Å². The van der Waals surface area contributed by atoms with E-state index in [1.807, 2.05) is 6.20 Å². The Balaban J connectivity index is 2.50. The highest BCUT2D eigenvalue weighted by Gasteiger charge is 2.07. The Labute approximate surface area is 81.9 Å². The molecule has 4 N–H and O–H groups in total. The standard InChI is InChI=1S/C11H13FN2/c1-7(13)4-8-6-14-11-3-2-9(12)5-10(8)11/h2-3,5-7,14H,4,13H2,1H3/p+1/t7-/m1/s1. The lowest BCUT2D eigenvalue weighted by molar-refractivity contribution is -0.413. The minimum absolute atomic E-state index is 0.185. The predicted octanol–water partition coefficient (Wildman–Crippen LogP) is 1.48. The average molecular weight is 193 g/mol. The Bertz CT molecular complexity index is 445. The van der Waals surface area contributed by atoms with Gasteiger partial charge in [-0.2, -0.15) is 0 Å². The highest BCUT2D eigenvalue weighted by atomic mass is 19.1. The lowest BCUT2D eigenvalue weighted by atomic mass is 10.1. The summed E-state index contributed by atoms with van der Waals surface area (Å²) in [7, 11) is 0. The fourth-order valence-electron chi connectivity index (χ4n) is 1.69. The number of hydrogen-bond donors (Lipinski definition) is 2. The summed E-state index contributed by atoms with van der Waals surface area (Å²) in [6.45, 7) is 2.05. The Morgan fingerprint density at radius 2 is 2.29 bits per heavy atom. The molecule has 0 amide bonds. The van der Waals surface area contributed by atoms with E-state index in [2.05, 4.69) is 17.6 Å². The molecular formula is C11H14FN2+. The first-order valence-corrected chi connectivity index (χ1v) is 4.75. The van der Waals surface area contributed by atoms with Crippen LogP contribution in [0.15, 0.2) is 24.4 Å². The molecule has 74 valence electrons. The summed E-state index contributed by atoms with van der Waals surface area (Å²) in [4.78, 5) is 3.13. The molecule has 0 bridgehead atoms. The summed E-state index contributed by atoms with van der Waals surface area (Å²) in [5.41, 5.74) is 6.06. The van der Waals surface area contributed by atoms with Gasteiger partial charge in [-0.3, -0.25) is 0 Å². The van der Waals surface area contributed by atoms with Crippen molar-refractivity contribution in [2.75, 3.05) is 0 Å². The van der Waals surface area contributed by atoms with Crippen molar-refractivity contribution >= 4 is 10.9 Å². The number of quaternary nitrogens is 1. The highest BCUT2D eigenvalue weighted by molar-refractivity contribution is 5.83. The van der Waals surface area contributed by atoms with Crippen molar-refractivity contribution in [3.05, 3.63) is 35.8 Å². The molecule has 2 nitrogen and oxygen atoms in total. The lowest BCUT2D eigenvalue weighted by Gasteiger charge is -2.00. The molecule has 2 aromatic rings. The summed E-state index contributed by atoms with van der Waals surface area (Å²) >= 11 is 0. The smallest absolute Gasteiger partial charge is 0.123 e. The van der Waals surface area contributed by atoms with Gasteiger partial charge < -0.3 is 10.7 Å². The van der Waals surface area contributed by atoms with Gasteiger partial charge in [-0.05, 0) is 30.7 Å². The molecule has 0 aliphatic carbocycles. The lowest BCUT2D eigenvalue weighted by Crippen LogP contribution is -2.60. The third kappa shape index (κ3) is 1.63. The van der Waals surface area contributed by atoms with Crippen molar-refractivity contribution in [1.29, 1.82) is 0 Å². The largest absolute Gasteiger partial charge is 0.361 e. The van der Waals surface area contributed by atoms with Gasteiger partial charge in [0.1, 0.15) is 5.82 Å². The number of fused-ring (bicyclic) bond motifs is 1.